The maximum Gasteiger partial charge on any atom is 0.269 e. The van der Waals surface area contributed by atoms with Gasteiger partial charge in [-0.15, -0.1) is 0 Å². The molecule has 0 radical (unpaired) electrons. The number of H-pyrrole nitrogens is 2. The quantitative estimate of drug-likeness (QED) is 0.631. The molecule has 0 fully saturated rings. The first-order valence-corrected chi connectivity index (χ1v) is 5.28. The van der Waals surface area contributed by atoms with Crippen molar-refractivity contribution in [3.8, 4) is 5.95 Å². The van der Waals surface area contributed by atoms with Gasteiger partial charge in [0.15, 0.2) is 4.77 Å². The minimum absolute atomic E-state index is 0.221. The maximum atomic E-state index is 12.2. The third kappa shape index (κ3) is 1.48. The van der Waals surface area contributed by atoms with E-state index in [1.54, 1.807) is 18.2 Å². The molecule has 0 unspecified atom stereocenters. The lowest BCUT2D eigenvalue weighted by Crippen LogP contribution is -2.21. The minimum Gasteiger partial charge on any atom is -0.331 e. The molecule has 3 aromatic rings. The van der Waals surface area contributed by atoms with Crippen molar-refractivity contribution in [1.29, 1.82) is 0 Å². The van der Waals surface area contributed by atoms with Gasteiger partial charge in [-0.1, -0.05) is 12.1 Å². The van der Waals surface area contributed by atoms with Gasteiger partial charge in [0, 0.05) is 0 Å². The molecule has 6 nitrogen and oxygen atoms in total. The average molecular weight is 245 g/mol. The van der Waals surface area contributed by atoms with Crippen LogP contribution < -0.4 is 5.56 Å². The highest BCUT2D eigenvalue weighted by molar-refractivity contribution is 7.71. The first kappa shape index (κ1) is 9.91. The van der Waals surface area contributed by atoms with E-state index in [4.69, 9.17) is 12.2 Å². The Morgan fingerprint density at radius 1 is 1.29 bits per heavy atom. The second-order valence-corrected chi connectivity index (χ2v) is 3.81. The van der Waals surface area contributed by atoms with E-state index in [0.29, 0.717) is 16.9 Å². The number of benzene rings is 1. The molecule has 0 aliphatic rings. The zero-order valence-corrected chi connectivity index (χ0v) is 9.36. The van der Waals surface area contributed by atoms with Crippen LogP contribution in [0.3, 0.4) is 0 Å². The van der Waals surface area contributed by atoms with Crippen LogP contribution in [0.25, 0.3) is 16.9 Å². The molecule has 84 valence electrons. The first-order chi connectivity index (χ1) is 8.27. The van der Waals surface area contributed by atoms with Crippen molar-refractivity contribution in [2.45, 2.75) is 0 Å². The normalized spacial score (nSPS) is 10.8. The molecule has 2 N–H and O–H groups in total. The molecule has 0 saturated carbocycles. The molecule has 0 amide bonds. The molecule has 0 aliphatic carbocycles. The predicted octanol–water partition coefficient (Wildman–Crippen LogP) is 1.17. The van der Waals surface area contributed by atoms with Crippen LogP contribution in [0.1, 0.15) is 0 Å². The topological polar surface area (TPSA) is 79.4 Å². The van der Waals surface area contributed by atoms with Crippen LogP contribution >= 0.6 is 12.2 Å². The van der Waals surface area contributed by atoms with E-state index in [1.165, 1.54) is 10.9 Å². The van der Waals surface area contributed by atoms with Crippen molar-refractivity contribution in [3.05, 3.63) is 45.7 Å². The van der Waals surface area contributed by atoms with Gasteiger partial charge in [-0.05, 0) is 24.4 Å². The van der Waals surface area contributed by atoms with Crippen LogP contribution in [0, 0.1) is 4.77 Å². The summed E-state index contributed by atoms with van der Waals surface area (Å²) in [5.41, 5.74) is 0.486. The van der Waals surface area contributed by atoms with Crippen molar-refractivity contribution in [3.63, 3.8) is 0 Å². The van der Waals surface area contributed by atoms with Crippen LogP contribution in [0.4, 0.5) is 0 Å². The lowest BCUT2D eigenvalue weighted by Gasteiger charge is -2.03. The van der Waals surface area contributed by atoms with Crippen LogP contribution in [0.2, 0.25) is 0 Å². The number of nitrogens with one attached hydrogen (secondary N) is 2. The van der Waals surface area contributed by atoms with Gasteiger partial charge < -0.3 is 4.98 Å². The molecular weight excluding hydrogens is 238 g/mol. The largest absolute Gasteiger partial charge is 0.331 e. The molecule has 0 spiro atoms. The highest BCUT2D eigenvalue weighted by Crippen LogP contribution is 2.07. The molecule has 0 aliphatic heterocycles. The molecule has 0 atom stereocenters. The van der Waals surface area contributed by atoms with Gasteiger partial charge in [-0.2, -0.15) is 10.1 Å². The predicted molar refractivity (Wildman–Crippen MR) is 64.7 cm³/mol. The van der Waals surface area contributed by atoms with E-state index >= 15 is 0 Å². The Kier molecular flexibility index (Phi) is 2.12. The summed E-state index contributed by atoms with van der Waals surface area (Å²) in [5, 5.41) is 6.87. The zero-order valence-electron chi connectivity index (χ0n) is 8.54. The number of hydrogen-bond donors (Lipinski definition) is 2. The van der Waals surface area contributed by atoms with Crippen LogP contribution in [-0.2, 0) is 0 Å². The Bertz CT molecular complexity index is 786. The average Bonchev–Trinajstić information content (AvgIpc) is 2.83. The summed E-state index contributed by atoms with van der Waals surface area (Å²) in [6, 6.07) is 7.17. The summed E-state index contributed by atoms with van der Waals surface area (Å²) < 4.78 is 1.57. The molecular formula is C10H7N5OS. The Morgan fingerprint density at radius 2 is 2.12 bits per heavy atom. The fourth-order valence-electron chi connectivity index (χ4n) is 1.66. The second-order valence-electron chi connectivity index (χ2n) is 3.43. The molecule has 0 saturated heterocycles. The highest BCUT2D eigenvalue weighted by Gasteiger charge is 2.08. The molecule has 1 aromatic carbocycles. The number of para-hydroxylation sites is 1. The van der Waals surface area contributed by atoms with Crippen LogP contribution in [-0.4, -0.2) is 24.7 Å². The third-order valence-corrected chi connectivity index (χ3v) is 2.70. The van der Waals surface area contributed by atoms with Gasteiger partial charge in [-0.25, -0.2) is 9.67 Å². The van der Waals surface area contributed by atoms with Crippen molar-refractivity contribution < 1.29 is 0 Å². The van der Waals surface area contributed by atoms with Crippen molar-refractivity contribution >= 4 is 23.1 Å². The lowest BCUT2D eigenvalue weighted by atomic mass is 10.2. The number of aromatic amines is 2. The summed E-state index contributed by atoms with van der Waals surface area (Å²) in [7, 11) is 0. The molecule has 2 aromatic heterocycles. The standard InChI is InChI=1S/C10H7N5OS/c16-8-6-3-1-2-4-7(6)13-10(17)15(8)9-11-5-12-14-9/h1-5H,(H,13,17)(H,11,12,14). The molecule has 7 heteroatoms. The number of aromatic nitrogens is 5. The van der Waals surface area contributed by atoms with Gasteiger partial charge in [0.1, 0.15) is 6.33 Å². The Morgan fingerprint density at radius 3 is 2.88 bits per heavy atom. The van der Waals surface area contributed by atoms with Gasteiger partial charge in [0.2, 0.25) is 5.95 Å². The van der Waals surface area contributed by atoms with Gasteiger partial charge in [0.25, 0.3) is 5.56 Å². The van der Waals surface area contributed by atoms with E-state index in [-0.39, 0.29) is 10.3 Å². The van der Waals surface area contributed by atoms with Crippen molar-refractivity contribution in [2.24, 2.45) is 0 Å². The van der Waals surface area contributed by atoms with Crippen LogP contribution in [0.15, 0.2) is 35.4 Å². The van der Waals surface area contributed by atoms with Gasteiger partial charge >= 0.3 is 0 Å². The smallest absolute Gasteiger partial charge is 0.269 e. The third-order valence-electron chi connectivity index (χ3n) is 2.42. The molecule has 2 heterocycles. The first-order valence-electron chi connectivity index (χ1n) is 4.87. The fourth-order valence-corrected chi connectivity index (χ4v) is 1.94. The Hall–Kier alpha value is -2.28. The summed E-state index contributed by atoms with van der Waals surface area (Å²) in [5.74, 6) is 0.307. The Labute approximate surface area is 100.0 Å². The van der Waals surface area contributed by atoms with E-state index in [2.05, 4.69) is 20.2 Å². The summed E-state index contributed by atoms with van der Waals surface area (Å²) in [6.07, 6.45) is 1.33. The number of hydrogen-bond acceptors (Lipinski definition) is 4. The van der Waals surface area contributed by atoms with E-state index in [9.17, 15) is 4.79 Å². The fraction of sp³-hybridized carbons (Fsp3) is 0. The molecule has 3 rings (SSSR count). The number of fused-ring (bicyclic) bond motifs is 1. The van der Waals surface area contributed by atoms with Crippen molar-refractivity contribution in [2.75, 3.05) is 0 Å². The summed E-state index contributed by atoms with van der Waals surface area (Å²) >= 11 is 5.13. The number of nitrogens with zero attached hydrogens (tertiary/aromatic N) is 3. The Balaban J connectivity index is 2.49. The van der Waals surface area contributed by atoms with Gasteiger partial charge in [0.05, 0.1) is 10.9 Å². The minimum atomic E-state index is -0.221. The second kappa shape index (κ2) is 3.63. The van der Waals surface area contributed by atoms with E-state index < -0.39 is 0 Å². The summed E-state index contributed by atoms with van der Waals surface area (Å²) in [4.78, 5) is 19.1. The van der Waals surface area contributed by atoms with Gasteiger partial charge in [-0.3, -0.25) is 4.79 Å². The number of rotatable bonds is 1. The monoisotopic (exact) mass is 245 g/mol. The molecule has 17 heavy (non-hydrogen) atoms. The van der Waals surface area contributed by atoms with Crippen molar-refractivity contribution in [1.82, 2.24) is 24.7 Å². The van der Waals surface area contributed by atoms with E-state index in [1.807, 2.05) is 6.07 Å². The SMILES string of the molecule is O=c1c2ccccc2[nH]c(=S)n1-c1ncn[nH]1. The highest BCUT2D eigenvalue weighted by atomic mass is 32.1. The van der Waals surface area contributed by atoms with E-state index in [0.717, 1.165) is 0 Å². The zero-order chi connectivity index (χ0) is 11.8. The maximum absolute atomic E-state index is 12.2. The lowest BCUT2D eigenvalue weighted by molar-refractivity contribution is 0.861. The molecule has 0 bridgehead atoms. The summed E-state index contributed by atoms with van der Waals surface area (Å²) in [6.45, 7) is 0. The van der Waals surface area contributed by atoms with Crippen LogP contribution in [0.5, 0.6) is 0 Å².